The van der Waals surface area contributed by atoms with Gasteiger partial charge in [0.15, 0.2) is 5.96 Å². The van der Waals surface area contributed by atoms with Crippen LogP contribution in [0.4, 0.5) is 0 Å². The van der Waals surface area contributed by atoms with Gasteiger partial charge < -0.3 is 20.3 Å². The molecule has 2 heterocycles. The second-order valence-corrected chi connectivity index (χ2v) is 6.76. The number of hydrogen-bond donors (Lipinski definition) is 3. The lowest BCUT2D eigenvalue weighted by molar-refractivity contribution is -0.132. The molecule has 1 spiro atoms. The molecule has 3 rings (SSSR count). The third-order valence-corrected chi connectivity index (χ3v) is 4.99. The lowest BCUT2D eigenvalue weighted by Gasteiger charge is -2.38. The Morgan fingerprint density at radius 1 is 1.32 bits per heavy atom. The van der Waals surface area contributed by atoms with Gasteiger partial charge in [-0.05, 0) is 37.0 Å². The predicted molar refractivity (Wildman–Crippen MR) is 97.9 cm³/mol. The number of piperidine rings is 1. The highest BCUT2D eigenvalue weighted by atomic mass is 16.5. The number of benzene rings is 1. The van der Waals surface area contributed by atoms with E-state index in [-0.39, 0.29) is 11.4 Å². The van der Waals surface area contributed by atoms with Gasteiger partial charge in [0, 0.05) is 26.1 Å². The Labute approximate surface area is 148 Å². The van der Waals surface area contributed by atoms with Crippen molar-refractivity contribution in [1.29, 1.82) is 5.41 Å². The van der Waals surface area contributed by atoms with Crippen LogP contribution >= 0.6 is 0 Å². The SMILES string of the molecule is C=CCOc1ccc(CCC(=O)N2CCC3(CC2)CNC(=N)N3)cc1. The van der Waals surface area contributed by atoms with Crippen molar-refractivity contribution in [2.45, 2.75) is 31.2 Å². The average molecular weight is 342 g/mol. The van der Waals surface area contributed by atoms with E-state index in [1.807, 2.05) is 29.2 Å². The van der Waals surface area contributed by atoms with E-state index in [1.54, 1.807) is 6.08 Å². The first-order valence-electron chi connectivity index (χ1n) is 8.81. The molecular formula is C19H26N4O2. The molecule has 0 bridgehead atoms. The fourth-order valence-electron chi connectivity index (χ4n) is 3.41. The Kier molecular flexibility index (Phi) is 5.26. The van der Waals surface area contributed by atoms with Crippen LogP contribution in [-0.2, 0) is 11.2 Å². The molecule has 0 aliphatic carbocycles. The van der Waals surface area contributed by atoms with E-state index in [4.69, 9.17) is 10.1 Å². The molecule has 6 heteroatoms. The number of likely N-dealkylation sites (tertiary alicyclic amines) is 1. The summed E-state index contributed by atoms with van der Waals surface area (Å²) in [5, 5.41) is 13.9. The summed E-state index contributed by atoms with van der Waals surface area (Å²) in [6, 6.07) is 7.89. The molecule has 1 aromatic carbocycles. The van der Waals surface area contributed by atoms with Gasteiger partial charge in [-0.3, -0.25) is 10.2 Å². The van der Waals surface area contributed by atoms with E-state index in [0.717, 1.165) is 50.2 Å². The Balaban J connectivity index is 1.44. The van der Waals surface area contributed by atoms with Gasteiger partial charge in [-0.2, -0.15) is 0 Å². The number of hydrogen-bond acceptors (Lipinski definition) is 3. The number of carbonyl (C=O) groups excluding carboxylic acids is 1. The van der Waals surface area contributed by atoms with E-state index in [2.05, 4.69) is 17.2 Å². The lowest BCUT2D eigenvalue weighted by Crippen LogP contribution is -2.53. The van der Waals surface area contributed by atoms with Crippen LogP contribution in [0.5, 0.6) is 5.75 Å². The van der Waals surface area contributed by atoms with Gasteiger partial charge in [-0.15, -0.1) is 0 Å². The maximum atomic E-state index is 12.5. The van der Waals surface area contributed by atoms with Crippen molar-refractivity contribution in [2.24, 2.45) is 0 Å². The van der Waals surface area contributed by atoms with Gasteiger partial charge in [0.1, 0.15) is 12.4 Å². The highest BCUT2D eigenvalue weighted by Crippen LogP contribution is 2.24. The van der Waals surface area contributed by atoms with Crippen molar-refractivity contribution in [3.8, 4) is 5.75 Å². The first-order chi connectivity index (χ1) is 12.1. The zero-order valence-corrected chi connectivity index (χ0v) is 14.5. The van der Waals surface area contributed by atoms with Crippen LogP contribution < -0.4 is 15.4 Å². The number of rotatable bonds is 6. The largest absolute Gasteiger partial charge is 0.490 e. The fraction of sp³-hybridized carbons (Fsp3) is 0.474. The van der Waals surface area contributed by atoms with Crippen molar-refractivity contribution in [2.75, 3.05) is 26.2 Å². The van der Waals surface area contributed by atoms with Crippen LogP contribution in [0.3, 0.4) is 0 Å². The predicted octanol–water partition coefficient (Wildman–Crippen LogP) is 1.67. The van der Waals surface area contributed by atoms with Gasteiger partial charge in [0.05, 0.1) is 5.54 Å². The molecule has 2 aliphatic heterocycles. The molecule has 25 heavy (non-hydrogen) atoms. The van der Waals surface area contributed by atoms with Crippen LogP contribution in [0.2, 0.25) is 0 Å². The summed E-state index contributed by atoms with van der Waals surface area (Å²) in [6.07, 6.45) is 4.77. The molecular weight excluding hydrogens is 316 g/mol. The first-order valence-corrected chi connectivity index (χ1v) is 8.81. The maximum absolute atomic E-state index is 12.5. The van der Waals surface area contributed by atoms with Crippen LogP contribution in [0.25, 0.3) is 0 Å². The Morgan fingerprint density at radius 2 is 2.04 bits per heavy atom. The monoisotopic (exact) mass is 342 g/mol. The standard InChI is InChI=1S/C19H26N4O2/c1-2-13-25-16-6-3-15(4-7-16)5-8-17(24)23-11-9-19(10-12-23)14-21-18(20)22-19/h2-4,6-7H,1,5,8-14H2,(H3,20,21,22). The molecule has 3 N–H and O–H groups in total. The van der Waals surface area contributed by atoms with Crippen molar-refractivity contribution in [3.05, 3.63) is 42.5 Å². The second kappa shape index (κ2) is 7.59. The molecule has 0 unspecified atom stereocenters. The number of nitrogens with one attached hydrogen (secondary N) is 3. The number of ether oxygens (including phenoxy) is 1. The molecule has 0 atom stereocenters. The minimum atomic E-state index is -0.0326. The van der Waals surface area contributed by atoms with E-state index in [9.17, 15) is 4.79 Å². The van der Waals surface area contributed by atoms with Crippen LogP contribution in [0, 0.1) is 5.41 Å². The Morgan fingerprint density at radius 3 is 2.64 bits per heavy atom. The highest BCUT2D eigenvalue weighted by molar-refractivity contribution is 5.80. The maximum Gasteiger partial charge on any atom is 0.222 e. The Bertz CT molecular complexity index is 633. The zero-order chi connectivity index (χ0) is 17.7. The smallest absolute Gasteiger partial charge is 0.222 e. The minimum Gasteiger partial charge on any atom is -0.490 e. The van der Waals surface area contributed by atoms with Gasteiger partial charge in [-0.1, -0.05) is 24.8 Å². The third-order valence-electron chi connectivity index (χ3n) is 4.99. The number of aryl methyl sites for hydroxylation is 1. The summed E-state index contributed by atoms with van der Waals surface area (Å²) < 4.78 is 5.46. The van der Waals surface area contributed by atoms with E-state index < -0.39 is 0 Å². The second-order valence-electron chi connectivity index (χ2n) is 6.76. The molecule has 1 aromatic rings. The minimum absolute atomic E-state index is 0.0326. The summed E-state index contributed by atoms with van der Waals surface area (Å²) >= 11 is 0. The van der Waals surface area contributed by atoms with Crippen LogP contribution in [0.15, 0.2) is 36.9 Å². The summed E-state index contributed by atoms with van der Waals surface area (Å²) in [7, 11) is 0. The van der Waals surface area contributed by atoms with Crippen LogP contribution in [-0.4, -0.2) is 48.5 Å². The van der Waals surface area contributed by atoms with E-state index in [1.165, 1.54) is 0 Å². The zero-order valence-electron chi connectivity index (χ0n) is 14.5. The van der Waals surface area contributed by atoms with Crippen molar-refractivity contribution in [1.82, 2.24) is 15.5 Å². The number of carbonyl (C=O) groups is 1. The topological polar surface area (TPSA) is 77.5 Å². The molecule has 134 valence electrons. The molecule has 0 radical (unpaired) electrons. The van der Waals surface area contributed by atoms with Gasteiger partial charge >= 0.3 is 0 Å². The lowest BCUT2D eigenvalue weighted by atomic mass is 9.88. The highest BCUT2D eigenvalue weighted by Gasteiger charge is 2.39. The Hall–Kier alpha value is -2.50. The fourth-order valence-corrected chi connectivity index (χ4v) is 3.41. The molecule has 0 aromatic heterocycles. The molecule has 6 nitrogen and oxygen atoms in total. The number of guanidine groups is 1. The van der Waals surface area contributed by atoms with E-state index in [0.29, 0.717) is 19.0 Å². The molecule has 1 amide bonds. The molecule has 2 fully saturated rings. The normalized spacial score (nSPS) is 18.6. The van der Waals surface area contributed by atoms with Crippen molar-refractivity contribution >= 4 is 11.9 Å². The quantitative estimate of drug-likeness (QED) is 0.687. The average Bonchev–Trinajstić information content (AvgIpc) is 2.99. The van der Waals surface area contributed by atoms with Gasteiger partial charge in [-0.25, -0.2) is 0 Å². The molecule has 2 aliphatic rings. The third kappa shape index (κ3) is 4.32. The van der Waals surface area contributed by atoms with Gasteiger partial charge in [0.25, 0.3) is 0 Å². The first kappa shape index (κ1) is 17.3. The summed E-state index contributed by atoms with van der Waals surface area (Å²) in [5.41, 5.74) is 1.11. The van der Waals surface area contributed by atoms with Gasteiger partial charge in [0.2, 0.25) is 5.91 Å². The summed E-state index contributed by atoms with van der Waals surface area (Å²) in [4.78, 5) is 14.4. The molecule has 0 saturated carbocycles. The number of nitrogens with zero attached hydrogens (tertiary/aromatic N) is 1. The van der Waals surface area contributed by atoms with Crippen molar-refractivity contribution in [3.63, 3.8) is 0 Å². The summed E-state index contributed by atoms with van der Waals surface area (Å²) in [5.74, 6) is 1.43. The molecule has 2 saturated heterocycles. The van der Waals surface area contributed by atoms with E-state index >= 15 is 0 Å². The van der Waals surface area contributed by atoms with Crippen molar-refractivity contribution < 1.29 is 9.53 Å². The van der Waals surface area contributed by atoms with Crippen LogP contribution in [0.1, 0.15) is 24.8 Å². The number of amides is 1. The summed E-state index contributed by atoms with van der Waals surface area (Å²) in [6.45, 7) is 6.43.